The van der Waals surface area contributed by atoms with Crippen molar-refractivity contribution in [2.75, 3.05) is 27.4 Å². The van der Waals surface area contributed by atoms with Crippen LogP contribution in [-0.4, -0.2) is 37.1 Å². The van der Waals surface area contributed by atoms with Crippen LogP contribution in [0, 0.1) is 6.92 Å². The van der Waals surface area contributed by atoms with Crippen LogP contribution in [0.3, 0.4) is 0 Å². The molecular formula is C33H33NO5. The predicted octanol–water partition coefficient (Wildman–Crippen LogP) is 6.63. The molecule has 0 fully saturated rings. The van der Waals surface area contributed by atoms with Crippen molar-refractivity contribution >= 4 is 10.9 Å². The Morgan fingerprint density at radius 3 is 2.18 bits per heavy atom. The van der Waals surface area contributed by atoms with Gasteiger partial charge >= 0.3 is 0 Å². The Hall–Kier alpha value is -4.42. The monoisotopic (exact) mass is 523 g/mol. The average Bonchev–Trinajstić information content (AvgIpc) is 3.25. The van der Waals surface area contributed by atoms with Crippen LogP contribution < -0.4 is 18.9 Å². The minimum atomic E-state index is -0.0134. The summed E-state index contributed by atoms with van der Waals surface area (Å²) in [6.45, 7) is 3.57. The molecule has 1 N–H and O–H groups in total. The van der Waals surface area contributed by atoms with Gasteiger partial charge in [0.2, 0.25) is 0 Å². The molecule has 6 heteroatoms. The maximum Gasteiger partial charge on any atom is 0.131 e. The minimum absolute atomic E-state index is 0.0134. The molecule has 0 unspecified atom stereocenters. The fourth-order valence-electron chi connectivity index (χ4n) is 4.87. The van der Waals surface area contributed by atoms with E-state index in [2.05, 4.69) is 47.9 Å². The highest BCUT2D eigenvalue weighted by Crippen LogP contribution is 2.41. The van der Waals surface area contributed by atoms with Crippen molar-refractivity contribution < 1.29 is 24.1 Å². The number of hydrogen-bond donors (Lipinski definition) is 1. The van der Waals surface area contributed by atoms with Gasteiger partial charge in [0.25, 0.3) is 0 Å². The molecule has 5 aromatic rings. The molecule has 1 heterocycles. The fraction of sp³-hybridized carbons (Fsp3) is 0.212. The van der Waals surface area contributed by atoms with Crippen LogP contribution in [0.1, 0.15) is 16.7 Å². The fourth-order valence-corrected chi connectivity index (χ4v) is 4.87. The highest BCUT2D eigenvalue weighted by molar-refractivity contribution is 5.93. The highest BCUT2D eigenvalue weighted by Gasteiger charge is 2.20. The van der Waals surface area contributed by atoms with Gasteiger partial charge in [0.15, 0.2) is 0 Å². The number of aliphatic hydroxyl groups excluding tert-OH is 1. The number of aliphatic hydroxyl groups is 1. The third kappa shape index (κ3) is 5.71. The smallest absolute Gasteiger partial charge is 0.131 e. The number of benzene rings is 4. The summed E-state index contributed by atoms with van der Waals surface area (Å²) in [5, 5.41) is 10.2. The van der Waals surface area contributed by atoms with Gasteiger partial charge in [0.1, 0.15) is 36.2 Å². The van der Waals surface area contributed by atoms with E-state index in [-0.39, 0.29) is 13.2 Å². The molecule has 0 atom stereocenters. The summed E-state index contributed by atoms with van der Waals surface area (Å²) in [6, 6.07) is 30.4. The van der Waals surface area contributed by atoms with E-state index in [0.29, 0.717) is 13.2 Å². The Balaban J connectivity index is 1.57. The molecule has 0 aliphatic heterocycles. The summed E-state index contributed by atoms with van der Waals surface area (Å²) in [6.07, 6.45) is 0. The summed E-state index contributed by atoms with van der Waals surface area (Å²) in [4.78, 5) is 0. The molecule has 5 rings (SSSR count). The zero-order valence-corrected chi connectivity index (χ0v) is 22.5. The predicted molar refractivity (Wildman–Crippen MR) is 154 cm³/mol. The molecule has 200 valence electrons. The largest absolute Gasteiger partial charge is 0.497 e. The SMILES string of the molecule is COc1ccc(-c2c(C)c3cc(OCc4ccccc4)ccc3n2Cc2ccc(OCCO)cc2)c(OC)c1. The lowest BCUT2D eigenvalue weighted by molar-refractivity contribution is 0.201. The van der Waals surface area contributed by atoms with E-state index in [9.17, 15) is 0 Å². The summed E-state index contributed by atoms with van der Waals surface area (Å²) in [5.74, 6) is 3.05. The molecule has 0 radical (unpaired) electrons. The molecule has 0 amide bonds. The maximum absolute atomic E-state index is 9.05. The topological polar surface area (TPSA) is 62.1 Å². The van der Waals surface area contributed by atoms with Gasteiger partial charge in [-0.3, -0.25) is 0 Å². The third-order valence-electron chi connectivity index (χ3n) is 6.82. The van der Waals surface area contributed by atoms with Crippen LogP contribution >= 0.6 is 0 Å². The molecule has 39 heavy (non-hydrogen) atoms. The summed E-state index contributed by atoms with van der Waals surface area (Å²) >= 11 is 0. The standard InChI is InChI=1S/C33H33NO5/c1-23-30-19-28(39-22-25-7-5-4-6-8-25)14-16-31(30)34(21-24-9-11-26(12-10-24)38-18-17-35)33(23)29-15-13-27(36-2)20-32(29)37-3/h4-16,19-20,35H,17-18,21-22H2,1-3H3. The van der Waals surface area contributed by atoms with Crippen molar-refractivity contribution in [2.24, 2.45) is 0 Å². The number of aryl methyl sites for hydroxylation is 1. The lowest BCUT2D eigenvalue weighted by Gasteiger charge is -2.16. The second kappa shape index (κ2) is 12.0. The quantitative estimate of drug-likeness (QED) is 0.211. The first kappa shape index (κ1) is 26.2. The van der Waals surface area contributed by atoms with Crippen LogP contribution in [0.25, 0.3) is 22.2 Å². The Bertz CT molecular complexity index is 1540. The number of hydrogen-bond acceptors (Lipinski definition) is 5. The second-order valence-corrected chi connectivity index (χ2v) is 9.30. The van der Waals surface area contributed by atoms with Gasteiger partial charge in [-0.05, 0) is 66.1 Å². The Kier molecular flexibility index (Phi) is 8.04. The van der Waals surface area contributed by atoms with E-state index in [1.165, 1.54) is 0 Å². The zero-order chi connectivity index (χ0) is 27.2. The Morgan fingerprint density at radius 1 is 0.718 bits per heavy atom. The zero-order valence-electron chi connectivity index (χ0n) is 22.5. The first-order valence-electron chi connectivity index (χ1n) is 13.0. The van der Waals surface area contributed by atoms with E-state index in [1.54, 1.807) is 14.2 Å². The van der Waals surface area contributed by atoms with Crippen molar-refractivity contribution in [3.8, 4) is 34.3 Å². The average molecular weight is 524 g/mol. The van der Waals surface area contributed by atoms with Gasteiger partial charge in [-0.1, -0.05) is 42.5 Å². The highest BCUT2D eigenvalue weighted by atomic mass is 16.5. The Labute approximate surface area is 229 Å². The van der Waals surface area contributed by atoms with Crippen LogP contribution in [0.5, 0.6) is 23.0 Å². The van der Waals surface area contributed by atoms with E-state index >= 15 is 0 Å². The van der Waals surface area contributed by atoms with E-state index in [0.717, 1.165) is 61.8 Å². The second-order valence-electron chi connectivity index (χ2n) is 9.30. The summed E-state index contributed by atoms with van der Waals surface area (Å²) in [7, 11) is 3.34. The van der Waals surface area contributed by atoms with Crippen molar-refractivity contribution in [3.05, 3.63) is 108 Å². The van der Waals surface area contributed by atoms with Crippen molar-refractivity contribution in [2.45, 2.75) is 20.1 Å². The molecule has 0 bridgehead atoms. The molecule has 0 aliphatic carbocycles. The number of methoxy groups -OCH3 is 2. The Morgan fingerprint density at radius 2 is 1.46 bits per heavy atom. The molecule has 6 nitrogen and oxygen atoms in total. The summed E-state index contributed by atoms with van der Waals surface area (Å²) < 4.78 is 25.3. The van der Waals surface area contributed by atoms with E-state index in [1.807, 2.05) is 54.6 Å². The number of rotatable bonds is 11. The molecule has 0 aliphatic rings. The molecule has 4 aromatic carbocycles. The van der Waals surface area contributed by atoms with Crippen LogP contribution in [0.2, 0.25) is 0 Å². The number of ether oxygens (including phenoxy) is 4. The minimum Gasteiger partial charge on any atom is -0.497 e. The lowest BCUT2D eigenvalue weighted by Crippen LogP contribution is -2.04. The lowest BCUT2D eigenvalue weighted by atomic mass is 10.0. The molecule has 0 saturated carbocycles. The van der Waals surface area contributed by atoms with Crippen molar-refractivity contribution in [3.63, 3.8) is 0 Å². The normalized spacial score (nSPS) is 11.0. The van der Waals surface area contributed by atoms with Gasteiger partial charge in [-0.2, -0.15) is 0 Å². The first-order valence-corrected chi connectivity index (χ1v) is 13.0. The van der Waals surface area contributed by atoms with Crippen molar-refractivity contribution in [1.82, 2.24) is 4.57 Å². The molecule has 1 aromatic heterocycles. The van der Waals surface area contributed by atoms with Crippen LogP contribution in [0.4, 0.5) is 0 Å². The number of aromatic nitrogens is 1. The number of nitrogens with zero attached hydrogens (tertiary/aromatic N) is 1. The van der Waals surface area contributed by atoms with Gasteiger partial charge < -0.3 is 28.6 Å². The van der Waals surface area contributed by atoms with E-state index < -0.39 is 0 Å². The van der Waals surface area contributed by atoms with E-state index in [4.69, 9.17) is 24.1 Å². The van der Waals surface area contributed by atoms with Crippen LogP contribution in [0.15, 0.2) is 91.0 Å². The first-order chi connectivity index (χ1) is 19.1. The van der Waals surface area contributed by atoms with Gasteiger partial charge in [0.05, 0.1) is 26.5 Å². The molecular weight excluding hydrogens is 490 g/mol. The summed E-state index contributed by atoms with van der Waals surface area (Å²) in [5.41, 5.74) is 6.56. The third-order valence-corrected chi connectivity index (χ3v) is 6.82. The maximum atomic E-state index is 9.05. The van der Waals surface area contributed by atoms with Crippen LogP contribution in [-0.2, 0) is 13.2 Å². The van der Waals surface area contributed by atoms with Gasteiger partial charge in [-0.15, -0.1) is 0 Å². The van der Waals surface area contributed by atoms with Crippen molar-refractivity contribution in [1.29, 1.82) is 0 Å². The molecule has 0 spiro atoms. The van der Waals surface area contributed by atoms with Gasteiger partial charge in [0, 0.05) is 29.1 Å². The number of fused-ring (bicyclic) bond motifs is 1. The van der Waals surface area contributed by atoms with Gasteiger partial charge in [-0.25, -0.2) is 0 Å². The molecule has 0 saturated heterocycles.